The molecule has 0 fully saturated rings. The first-order valence-electron chi connectivity index (χ1n) is 5.86. The zero-order valence-corrected chi connectivity index (χ0v) is 9.69. The normalized spacial score (nSPS) is 31.3. The fourth-order valence-electron chi connectivity index (χ4n) is 2.45. The summed E-state index contributed by atoms with van der Waals surface area (Å²) in [5, 5.41) is 20.6. The lowest BCUT2D eigenvalue weighted by Crippen LogP contribution is -2.48. The van der Waals surface area contributed by atoms with Crippen molar-refractivity contribution in [3.63, 3.8) is 0 Å². The van der Waals surface area contributed by atoms with Crippen molar-refractivity contribution >= 4 is 10.9 Å². The molecule has 94 valence electrons. The fourth-order valence-corrected chi connectivity index (χ4v) is 2.45. The summed E-state index contributed by atoms with van der Waals surface area (Å²) in [5.74, 6) is 0. The van der Waals surface area contributed by atoms with Crippen LogP contribution in [0.5, 0.6) is 0 Å². The van der Waals surface area contributed by atoms with Gasteiger partial charge in [0.1, 0.15) is 12.2 Å². The predicted molar refractivity (Wildman–Crippen MR) is 67.6 cm³/mol. The number of benzene rings is 1. The zero-order chi connectivity index (χ0) is 12.9. The third kappa shape index (κ3) is 1.53. The summed E-state index contributed by atoms with van der Waals surface area (Å²) in [6.45, 7) is 0. The molecule has 0 aliphatic heterocycles. The van der Waals surface area contributed by atoms with Crippen molar-refractivity contribution in [3.05, 3.63) is 41.6 Å². The van der Waals surface area contributed by atoms with Crippen LogP contribution in [-0.4, -0.2) is 27.4 Å². The molecule has 1 aliphatic carbocycles. The van der Waals surface area contributed by atoms with E-state index < -0.39 is 24.3 Å². The van der Waals surface area contributed by atoms with Crippen LogP contribution in [0.1, 0.15) is 23.3 Å². The Morgan fingerprint density at radius 2 is 1.67 bits per heavy atom. The van der Waals surface area contributed by atoms with Gasteiger partial charge in [-0.15, -0.1) is 0 Å². The lowest BCUT2D eigenvalue weighted by atomic mass is 9.83. The second-order valence-corrected chi connectivity index (χ2v) is 4.69. The molecule has 5 nitrogen and oxygen atoms in total. The predicted octanol–water partition coefficient (Wildman–Crippen LogP) is -0.0302. The smallest absolute Gasteiger partial charge is 0.102 e. The van der Waals surface area contributed by atoms with Crippen LogP contribution in [0.25, 0.3) is 10.9 Å². The highest BCUT2D eigenvalue weighted by atomic mass is 16.3. The Balaban J connectivity index is 2.26. The molecular weight excluding hydrogens is 230 g/mol. The third-order valence-corrected chi connectivity index (χ3v) is 3.55. The summed E-state index contributed by atoms with van der Waals surface area (Å²) in [5.41, 5.74) is 13.9. The van der Waals surface area contributed by atoms with Crippen LogP contribution in [0.15, 0.2) is 30.3 Å². The van der Waals surface area contributed by atoms with E-state index in [2.05, 4.69) is 4.98 Å². The zero-order valence-electron chi connectivity index (χ0n) is 9.69. The standard InChI is InChI=1S/C13H15N3O2/c14-9-7-5-6-3-1-2-4-8(6)16-11(7)10(15)13(18)12(9)17/h1-5,9-10,12-13,17-18H,14-15H2/t9-,10+,12+,13-/m0/s1. The van der Waals surface area contributed by atoms with Crippen molar-refractivity contribution < 1.29 is 10.2 Å². The maximum Gasteiger partial charge on any atom is 0.102 e. The topological polar surface area (TPSA) is 105 Å². The van der Waals surface area contributed by atoms with E-state index >= 15 is 0 Å². The summed E-state index contributed by atoms with van der Waals surface area (Å²) in [6, 6.07) is 8.13. The lowest BCUT2D eigenvalue weighted by Gasteiger charge is -2.35. The molecule has 0 bridgehead atoms. The molecule has 1 aromatic heterocycles. The molecule has 0 unspecified atom stereocenters. The number of aliphatic hydroxyl groups is 2. The molecule has 0 radical (unpaired) electrons. The molecule has 4 atom stereocenters. The van der Waals surface area contributed by atoms with Gasteiger partial charge >= 0.3 is 0 Å². The maximum absolute atomic E-state index is 9.85. The van der Waals surface area contributed by atoms with Crippen LogP contribution >= 0.6 is 0 Å². The molecular formula is C13H15N3O2. The second kappa shape index (κ2) is 4.00. The number of nitrogens with zero attached hydrogens (tertiary/aromatic N) is 1. The Morgan fingerprint density at radius 1 is 1.00 bits per heavy atom. The van der Waals surface area contributed by atoms with E-state index in [4.69, 9.17) is 11.5 Å². The summed E-state index contributed by atoms with van der Waals surface area (Å²) in [6.07, 6.45) is -2.14. The lowest BCUT2D eigenvalue weighted by molar-refractivity contribution is -0.0206. The van der Waals surface area contributed by atoms with Crippen molar-refractivity contribution in [2.24, 2.45) is 11.5 Å². The van der Waals surface area contributed by atoms with Gasteiger partial charge in [0, 0.05) is 5.39 Å². The van der Waals surface area contributed by atoms with Gasteiger partial charge in [-0.2, -0.15) is 0 Å². The van der Waals surface area contributed by atoms with Gasteiger partial charge in [0.15, 0.2) is 0 Å². The van der Waals surface area contributed by atoms with Gasteiger partial charge in [-0.3, -0.25) is 4.98 Å². The van der Waals surface area contributed by atoms with E-state index in [1.54, 1.807) is 0 Å². The number of aliphatic hydroxyl groups excluding tert-OH is 2. The molecule has 5 heteroatoms. The molecule has 1 heterocycles. The highest BCUT2D eigenvalue weighted by molar-refractivity contribution is 5.79. The van der Waals surface area contributed by atoms with E-state index in [9.17, 15) is 10.2 Å². The van der Waals surface area contributed by atoms with Crippen LogP contribution in [0.4, 0.5) is 0 Å². The molecule has 3 rings (SSSR count). The van der Waals surface area contributed by atoms with E-state index in [1.807, 2.05) is 30.3 Å². The Hall–Kier alpha value is -1.53. The van der Waals surface area contributed by atoms with E-state index in [1.165, 1.54) is 0 Å². The van der Waals surface area contributed by atoms with Gasteiger partial charge in [0.25, 0.3) is 0 Å². The molecule has 6 N–H and O–H groups in total. The Bertz CT molecular complexity index is 549. The van der Waals surface area contributed by atoms with Crippen LogP contribution in [0, 0.1) is 0 Å². The summed E-state index contributed by atoms with van der Waals surface area (Å²) < 4.78 is 0. The molecule has 0 amide bonds. The third-order valence-electron chi connectivity index (χ3n) is 3.55. The minimum Gasteiger partial charge on any atom is -0.388 e. The average Bonchev–Trinajstić information content (AvgIpc) is 2.41. The van der Waals surface area contributed by atoms with Gasteiger partial charge < -0.3 is 21.7 Å². The van der Waals surface area contributed by atoms with Gasteiger partial charge in [0.2, 0.25) is 0 Å². The summed E-state index contributed by atoms with van der Waals surface area (Å²) in [7, 11) is 0. The van der Waals surface area contributed by atoms with Crippen LogP contribution in [0.3, 0.4) is 0 Å². The molecule has 2 aromatic rings. The fraction of sp³-hybridized carbons (Fsp3) is 0.308. The number of hydrogen-bond donors (Lipinski definition) is 4. The van der Waals surface area contributed by atoms with Gasteiger partial charge in [-0.05, 0) is 17.7 Å². The van der Waals surface area contributed by atoms with Gasteiger partial charge in [0.05, 0.1) is 23.3 Å². The highest BCUT2D eigenvalue weighted by Crippen LogP contribution is 2.34. The second-order valence-electron chi connectivity index (χ2n) is 4.69. The monoisotopic (exact) mass is 245 g/mol. The largest absolute Gasteiger partial charge is 0.388 e. The van der Waals surface area contributed by atoms with Crippen LogP contribution in [-0.2, 0) is 0 Å². The van der Waals surface area contributed by atoms with Crippen molar-refractivity contribution in [1.29, 1.82) is 0 Å². The van der Waals surface area contributed by atoms with Crippen LogP contribution in [0.2, 0.25) is 0 Å². The average molecular weight is 245 g/mol. The molecule has 0 saturated heterocycles. The first-order valence-corrected chi connectivity index (χ1v) is 5.86. The van der Waals surface area contributed by atoms with Crippen molar-refractivity contribution in [2.75, 3.05) is 0 Å². The molecule has 0 spiro atoms. The number of hydrogen-bond acceptors (Lipinski definition) is 5. The number of rotatable bonds is 0. The van der Waals surface area contributed by atoms with Crippen molar-refractivity contribution in [2.45, 2.75) is 24.3 Å². The van der Waals surface area contributed by atoms with E-state index in [-0.39, 0.29) is 0 Å². The molecule has 0 saturated carbocycles. The van der Waals surface area contributed by atoms with Crippen molar-refractivity contribution in [3.8, 4) is 0 Å². The van der Waals surface area contributed by atoms with Crippen molar-refractivity contribution in [1.82, 2.24) is 4.98 Å². The van der Waals surface area contributed by atoms with Gasteiger partial charge in [-0.25, -0.2) is 0 Å². The first-order chi connectivity index (χ1) is 8.59. The number of pyridine rings is 1. The number of nitrogens with two attached hydrogens (primary N) is 2. The number of aromatic nitrogens is 1. The Morgan fingerprint density at radius 3 is 2.44 bits per heavy atom. The van der Waals surface area contributed by atoms with E-state index in [0.29, 0.717) is 11.3 Å². The highest BCUT2D eigenvalue weighted by Gasteiger charge is 2.38. The molecule has 18 heavy (non-hydrogen) atoms. The number of fused-ring (bicyclic) bond motifs is 2. The van der Waals surface area contributed by atoms with Gasteiger partial charge in [-0.1, -0.05) is 18.2 Å². The summed E-state index contributed by atoms with van der Waals surface area (Å²) >= 11 is 0. The Labute approximate surface area is 104 Å². The number of para-hydroxylation sites is 1. The minimum atomic E-state index is -1.08. The molecule has 1 aromatic carbocycles. The SMILES string of the molecule is N[C@@H]1c2nc3ccccc3cc2[C@H](N)[C@@H](O)[C@H]1O. The van der Waals surface area contributed by atoms with E-state index in [0.717, 1.165) is 10.9 Å². The first kappa shape index (κ1) is 11.6. The molecule has 1 aliphatic rings. The summed E-state index contributed by atoms with van der Waals surface area (Å²) in [4.78, 5) is 4.46. The quantitative estimate of drug-likeness (QED) is 0.521. The Kier molecular flexibility index (Phi) is 2.57. The minimum absolute atomic E-state index is 0.569. The van der Waals surface area contributed by atoms with Crippen LogP contribution < -0.4 is 11.5 Å². The maximum atomic E-state index is 9.85.